The van der Waals surface area contributed by atoms with E-state index in [2.05, 4.69) is 17.1 Å². The Morgan fingerprint density at radius 2 is 1.84 bits per heavy atom. The van der Waals surface area contributed by atoms with E-state index in [4.69, 9.17) is 15.3 Å². The molecular formula is C24H22BFN4O. The van der Waals surface area contributed by atoms with Gasteiger partial charge in [-0.25, -0.2) is 4.39 Å². The zero-order valence-corrected chi connectivity index (χ0v) is 17.8. The number of hydrogen-bond acceptors (Lipinski definition) is 5. The second kappa shape index (κ2) is 9.78. The van der Waals surface area contributed by atoms with Gasteiger partial charge in [0.05, 0.1) is 29.0 Å². The van der Waals surface area contributed by atoms with Crippen LogP contribution in [0, 0.1) is 29.6 Å². The highest BCUT2D eigenvalue weighted by Crippen LogP contribution is 2.34. The molecule has 0 saturated carbocycles. The van der Waals surface area contributed by atoms with Crippen molar-refractivity contribution < 1.29 is 9.13 Å². The molecule has 31 heavy (non-hydrogen) atoms. The molecule has 1 unspecified atom stereocenters. The zero-order chi connectivity index (χ0) is 22.4. The molecule has 0 fully saturated rings. The average molecular weight is 412 g/mol. The SMILES string of the molecule is BN(Cc1cnc(C)c(OCc2cccc(C#N)c2)c1C(C)F)c1ccc(C#N)cc1. The summed E-state index contributed by atoms with van der Waals surface area (Å²) in [6.07, 6.45) is 0.441. The lowest BCUT2D eigenvalue weighted by molar-refractivity contribution is 0.282. The van der Waals surface area contributed by atoms with Gasteiger partial charge < -0.3 is 9.55 Å². The second-order valence-corrected chi connectivity index (χ2v) is 7.34. The van der Waals surface area contributed by atoms with Crippen LogP contribution in [-0.2, 0) is 13.2 Å². The molecule has 0 aliphatic rings. The Labute approximate surface area is 182 Å². The lowest BCUT2D eigenvalue weighted by Crippen LogP contribution is -2.20. The van der Waals surface area contributed by atoms with Crippen molar-refractivity contribution in [2.24, 2.45) is 0 Å². The summed E-state index contributed by atoms with van der Waals surface area (Å²) in [5, 5.41) is 18.1. The number of nitrogens with zero attached hydrogens (tertiary/aromatic N) is 4. The fourth-order valence-electron chi connectivity index (χ4n) is 3.41. The molecule has 0 aliphatic heterocycles. The number of nitriles is 2. The summed E-state index contributed by atoms with van der Waals surface area (Å²) >= 11 is 0. The normalized spacial score (nSPS) is 11.3. The first-order valence-corrected chi connectivity index (χ1v) is 9.88. The van der Waals surface area contributed by atoms with Crippen molar-refractivity contribution in [2.45, 2.75) is 33.2 Å². The molecule has 3 aromatic rings. The summed E-state index contributed by atoms with van der Waals surface area (Å²) in [7, 11) is 1.90. The van der Waals surface area contributed by atoms with Crippen molar-refractivity contribution in [1.29, 1.82) is 10.5 Å². The van der Waals surface area contributed by atoms with Gasteiger partial charge in [0.15, 0.2) is 0 Å². The standard InChI is InChI=1S/C24H22BFN4O/c1-16(26)23-21(14-30(25)22-8-6-18(11-27)7-9-22)13-29-17(2)24(23)31-15-20-5-3-4-19(10-20)12-28/h3-10,13,16H,14-15,25H2,1-2H3. The molecule has 1 atom stereocenters. The first-order chi connectivity index (χ1) is 14.9. The third-order valence-electron chi connectivity index (χ3n) is 5.01. The maximum absolute atomic E-state index is 14.7. The van der Waals surface area contributed by atoms with Crippen molar-refractivity contribution in [1.82, 2.24) is 4.98 Å². The van der Waals surface area contributed by atoms with Gasteiger partial charge in [0, 0.05) is 24.0 Å². The third kappa shape index (κ3) is 5.21. The van der Waals surface area contributed by atoms with Crippen LogP contribution in [0.1, 0.15) is 46.6 Å². The van der Waals surface area contributed by atoms with Gasteiger partial charge in [0.25, 0.3) is 0 Å². The minimum atomic E-state index is -1.24. The summed E-state index contributed by atoms with van der Waals surface area (Å²) in [6, 6.07) is 18.6. The molecule has 3 rings (SSSR count). The molecule has 5 nitrogen and oxygen atoms in total. The predicted octanol–water partition coefficient (Wildman–Crippen LogP) is 4.30. The molecule has 0 saturated heterocycles. The van der Waals surface area contributed by atoms with Crippen molar-refractivity contribution in [3.05, 3.63) is 88.2 Å². The lowest BCUT2D eigenvalue weighted by atomic mass is 10.0. The summed E-state index contributed by atoms with van der Waals surface area (Å²) in [5.74, 6) is 0.433. The van der Waals surface area contributed by atoms with Gasteiger partial charge in [-0.2, -0.15) is 10.5 Å². The van der Waals surface area contributed by atoms with Gasteiger partial charge in [-0.05, 0) is 61.4 Å². The van der Waals surface area contributed by atoms with Gasteiger partial charge in [-0.1, -0.05) is 12.1 Å². The maximum Gasteiger partial charge on any atom is 0.217 e. The maximum atomic E-state index is 14.7. The Morgan fingerprint density at radius 1 is 1.13 bits per heavy atom. The monoisotopic (exact) mass is 412 g/mol. The molecule has 2 aromatic carbocycles. The van der Waals surface area contributed by atoms with Crippen molar-refractivity contribution in [3.8, 4) is 17.9 Å². The van der Waals surface area contributed by atoms with Crippen LogP contribution in [0.15, 0.2) is 54.7 Å². The first-order valence-electron chi connectivity index (χ1n) is 9.88. The van der Waals surface area contributed by atoms with Gasteiger partial charge in [0.1, 0.15) is 18.5 Å². The van der Waals surface area contributed by atoms with E-state index < -0.39 is 6.17 Å². The molecule has 0 bridgehead atoms. The topological polar surface area (TPSA) is 72.9 Å². The first kappa shape index (κ1) is 21.9. The Hall–Kier alpha value is -3.84. The molecule has 7 heteroatoms. The van der Waals surface area contributed by atoms with E-state index in [9.17, 15) is 4.39 Å². The Morgan fingerprint density at radius 3 is 2.48 bits per heavy atom. The van der Waals surface area contributed by atoms with Crippen LogP contribution in [0.4, 0.5) is 10.1 Å². The highest BCUT2D eigenvalue weighted by atomic mass is 19.1. The Balaban J connectivity index is 1.87. The predicted molar refractivity (Wildman–Crippen MR) is 120 cm³/mol. The Kier molecular flexibility index (Phi) is 6.90. The molecule has 0 radical (unpaired) electrons. The summed E-state index contributed by atoms with van der Waals surface area (Å²) < 4.78 is 20.7. The van der Waals surface area contributed by atoms with E-state index in [1.165, 1.54) is 6.92 Å². The number of pyridine rings is 1. The highest BCUT2D eigenvalue weighted by Gasteiger charge is 2.20. The minimum Gasteiger partial charge on any atom is -0.487 e. The van der Waals surface area contributed by atoms with E-state index in [1.807, 2.05) is 31.0 Å². The smallest absolute Gasteiger partial charge is 0.217 e. The van der Waals surface area contributed by atoms with Crippen molar-refractivity contribution >= 4 is 13.7 Å². The van der Waals surface area contributed by atoms with Crippen LogP contribution in [-0.4, -0.2) is 13.0 Å². The van der Waals surface area contributed by atoms with Crippen LogP contribution >= 0.6 is 0 Å². The number of alkyl halides is 1. The van der Waals surface area contributed by atoms with Crippen LogP contribution in [0.5, 0.6) is 5.75 Å². The quantitative estimate of drug-likeness (QED) is 0.541. The van der Waals surface area contributed by atoms with E-state index >= 15 is 0 Å². The number of aryl methyl sites for hydroxylation is 1. The molecular weight excluding hydrogens is 390 g/mol. The molecule has 0 N–H and O–H groups in total. The summed E-state index contributed by atoms with van der Waals surface area (Å²) in [6.45, 7) is 3.93. The van der Waals surface area contributed by atoms with Crippen LogP contribution in [0.3, 0.4) is 0 Å². The van der Waals surface area contributed by atoms with Crippen molar-refractivity contribution in [3.63, 3.8) is 0 Å². The largest absolute Gasteiger partial charge is 0.487 e. The van der Waals surface area contributed by atoms with Crippen LogP contribution in [0.25, 0.3) is 0 Å². The van der Waals surface area contributed by atoms with Gasteiger partial charge in [-0.3, -0.25) is 4.98 Å². The van der Waals surface area contributed by atoms with Gasteiger partial charge in [0.2, 0.25) is 7.98 Å². The van der Waals surface area contributed by atoms with Gasteiger partial charge in [-0.15, -0.1) is 0 Å². The fourth-order valence-corrected chi connectivity index (χ4v) is 3.41. The molecule has 0 aliphatic carbocycles. The van der Waals surface area contributed by atoms with E-state index in [-0.39, 0.29) is 6.61 Å². The Bertz CT molecular complexity index is 1150. The van der Waals surface area contributed by atoms with Gasteiger partial charge >= 0.3 is 0 Å². The summed E-state index contributed by atoms with van der Waals surface area (Å²) in [5.41, 5.74) is 4.69. The number of aromatic nitrogens is 1. The van der Waals surface area contributed by atoms with Crippen LogP contribution < -0.4 is 9.55 Å². The fraction of sp³-hybridized carbons (Fsp3) is 0.208. The lowest BCUT2D eigenvalue weighted by Gasteiger charge is -2.24. The van der Waals surface area contributed by atoms with Crippen LogP contribution in [0.2, 0.25) is 0 Å². The third-order valence-corrected chi connectivity index (χ3v) is 5.01. The molecule has 1 heterocycles. The van der Waals surface area contributed by atoms with Crippen molar-refractivity contribution in [2.75, 3.05) is 4.81 Å². The zero-order valence-electron chi connectivity index (χ0n) is 17.8. The molecule has 0 spiro atoms. The van der Waals surface area contributed by atoms with E-state index in [0.29, 0.717) is 34.7 Å². The van der Waals surface area contributed by atoms with E-state index in [1.54, 1.807) is 43.5 Å². The molecule has 0 amide bonds. The molecule has 154 valence electrons. The summed E-state index contributed by atoms with van der Waals surface area (Å²) in [4.78, 5) is 6.40. The number of hydrogen-bond donors (Lipinski definition) is 0. The average Bonchev–Trinajstić information content (AvgIpc) is 2.79. The molecule has 1 aromatic heterocycles. The second-order valence-electron chi connectivity index (χ2n) is 7.34. The minimum absolute atomic E-state index is 0.215. The number of rotatable bonds is 7. The number of halogens is 1. The highest BCUT2D eigenvalue weighted by molar-refractivity contribution is 6.17. The number of benzene rings is 2. The number of ether oxygens (including phenoxy) is 1. The number of anilines is 1. The van der Waals surface area contributed by atoms with E-state index in [0.717, 1.165) is 16.8 Å².